The van der Waals surface area contributed by atoms with Crippen molar-refractivity contribution in [1.82, 2.24) is 25.1 Å². The first-order valence-electron chi connectivity index (χ1n) is 8.68. The number of benzene rings is 1. The summed E-state index contributed by atoms with van der Waals surface area (Å²) in [5, 5.41) is 12.5. The SMILES string of the molecule is COCC(=O)N(C)C1(c2nnnn2-c2ccccc2)CCC(C)CC1. The maximum absolute atomic E-state index is 12.6. The molecule has 7 heteroatoms. The lowest BCUT2D eigenvalue weighted by Crippen LogP contribution is -2.51. The van der Waals surface area contributed by atoms with Crippen LogP contribution in [0.25, 0.3) is 5.69 Å². The van der Waals surface area contributed by atoms with Crippen LogP contribution in [0.1, 0.15) is 38.4 Å². The maximum Gasteiger partial charge on any atom is 0.249 e. The molecule has 0 unspecified atom stereocenters. The fourth-order valence-corrected chi connectivity index (χ4v) is 3.63. The molecule has 0 N–H and O–H groups in total. The molecular weight excluding hydrogens is 318 g/mol. The molecule has 0 saturated heterocycles. The molecule has 134 valence electrons. The van der Waals surface area contributed by atoms with E-state index in [0.29, 0.717) is 5.92 Å². The number of amides is 1. The van der Waals surface area contributed by atoms with Crippen molar-refractivity contribution in [3.63, 3.8) is 0 Å². The van der Waals surface area contributed by atoms with Gasteiger partial charge in [0.05, 0.1) is 5.69 Å². The first-order chi connectivity index (χ1) is 12.1. The Labute approximate surface area is 148 Å². The van der Waals surface area contributed by atoms with Gasteiger partial charge < -0.3 is 9.64 Å². The lowest BCUT2D eigenvalue weighted by Gasteiger charge is -2.44. The Hall–Kier alpha value is -2.28. The zero-order chi connectivity index (χ0) is 17.9. The van der Waals surface area contributed by atoms with Gasteiger partial charge in [-0.3, -0.25) is 4.79 Å². The second kappa shape index (κ2) is 7.31. The van der Waals surface area contributed by atoms with Crippen molar-refractivity contribution in [2.75, 3.05) is 20.8 Å². The molecule has 1 aromatic heterocycles. The average molecular weight is 343 g/mol. The number of para-hydroxylation sites is 1. The summed E-state index contributed by atoms with van der Waals surface area (Å²) in [6.07, 6.45) is 3.75. The zero-order valence-corrected chi connectivity index (χ0v) is 15.1. The summed E-state index contributed by atoms with van der Waals surface area (Å²) in [7, 11) is 3.37. The van der Waals surface area contributed by atoms with Crippen molar-refractivity contribution < 1.29 is 9.53 Å². The van der Waals surface area contributed by atoms with Crippen LogP contribution in [-0.2, 0) is 15.1 Å². The number of hydrogen-bond donors (Lipinski definition) is 0. The van der Waals surface area contributed by atoms with Gasteiger partial charge in [0.2, 0.25) is 5.91 Å². The molecule has 0 aliphatic heterocycles. The number of tetrazole rings is 1. The van der Waals surface area contributed by atoms with Gasteiger partial charge in [0.15, 0.2) is 5.82 Å². The zero-order valence-electron chi connectivity index (χ0n) is 15.1. The number of aromatic nitrogens is 4. The van der Waals surface area contributed by atoms with Gasteiger partial charge in [-0.15, -0.1) is 5.10 Å². The highest BCUT2D eigenvalue weighted by molar-refractivity contribution is 5.78. The predicted molar refractivity (Wildman–Crippen MR) is 93.1 cm³/mol. The van der Waals surface area contributed by atoms with Crippen LogP contribution in [0, 0.1) is 5.92 Å². The van der Waals surface area contributed by atoms with E-state index in [1.54, 1.807) is 9.58 Å². The number of likely N-dealkylation sites (N-methyl/N-ethyl adjacent to an activating group) is 1. The van der Waals surface area contributed by atoms with Crippen LogP contribution >= 0.6 is 0 Å². The van der Waals surface area contributed by atoms with Crippen molar-refractivity contribution in [2.45, 2.75) is 38.1 Å². The second-order valence-corrected chi connectivity index (χ2v) is 6.85. The molecule has 1 aliphatic rings. The lowest BCUT2D eigenvalue weighted by atomic mass is 9.75. The van der Waals surface area contributed by atoms with Crippen LogP contribution in [0.2, 0.25) is 0 Å². The summed E-state index contributed by atoms with van der Waals surface area (Å²) in [6.45, 7) is 2.31. The first-order valence-corrected chi connectivity index (χ1v) is 8.68. The molecule has 1 fully saturated rings. The molecule has 0 bridgehead atoms. The third kappa shape index (κ3) is 3.28. The molecule has 0 spiro atoms. The van der Waals surface area contributed by atoms with Crippen LogP contribution < -0.4 is 0 Å². The Kier molecular flexibility index (Phi) is 5.13. The number of carbonyl (C=O) groups excluding carboxylic acids is 1. The van der Waals surface area contributed by atoms with Crippen LogP contribution in [0.5, 0.6) is 0 Å². The van der Waals surface area contributed by atoms with E-state index < -0.39 is 5.54 Å². The molecule has 1 saturated carbocycles. The summed E-state index contributed by atoms with van der Waals surface area (Å²) >= 11 is 0. The normalized spacial score (nSPS) is 23.4. The monoisotopic (exact) mass is 343 g/mol. The third-order valence-corrected chi connectivity index (χ3v) is 5.27. The topological polar surface area (TPSA) is 73.1 Å². The van der Waals surface area contributed by atoms with Crippen molar-refractivity contribution in [2.24, 2.45) is 5.92 Å². The fourth-order valence-electron chi connectivity index (χ4n) is 3.63. The van der Waals surface area contributed by atoms with Gasteiger partial charge >= 0.3 is 0 Å². The van der Waals surface area contributed by atoms with E-state index in [0.717, 1.165) is 37.2 Å². The Balaban J connectivity index is 2.05. The van der Waals surface area contributed by atoms with Crippen LogP contribution in [0.15, 0.2) is 30.3 Å². The Morgan fingerprint density at radius 3 is 2.64 bits per heavy atom. The van der Waals surface area contributed by atoms with E-state index in [9.17, 15) is 4.79 Å². The summed E-state index contributed by atoms with van der Waals surface area (Å²) in [4.78, 5) is 14.4. The van der Waals surface area contributed by atoms with Crippen LogP contribution in [-0.4, -0.2) is 51.8 Å². The number of nitrogens with zero attached hydrogens (tertiary/aromatic N) is 5. The molecule has 1 aromatic carbocycles. The Morgan fingerprint density at radius 1 is 1.32 bits per heavy atom. The van der Waals surface area contributed by atoms with Gasteiger partial charge in [-0.1, -0.05) is 25.1 Å². The minimum atomic E-state index is -0.512. The number of rotatable bonds is 5. The maximum atomic E-state index is 12.6. The molecule has 1 amide bonds. The summed E-state index contributed by atoms with van der Waals surface area (Å²) in [5.74, 6) is 1.30. The van der Waals surface area contributed by atoms with Gasteiger partial charge in [0.25, 0.3) is 0 Å². The van der Waals surface area contributed by atoms with E-state index in [2.05, 4.69) is 22.4 Å². The Morgan fingerprint density at radius 2 is 2.00 bits per heavy atom. The third-order valence-electron chi connectivity index (χ3n) is 5.27. The largest absolute Gasteiger partial charge is 0.375 e. The average Bonchev–Trinajstić information content (AvgIpc) is 3.13. The van der Waals surface area contributed by atoms with E-state index in [1.807, 2.05) is 37.4 Å². The van der Waals surface area contributed by atoms with Crippen molar-refractivity contribution in [1.29, 1.82) is 0 Å². The second-order valence-electron chi connectivity index (χ2n) is 6.85. The molecule has 25 heavy (non-hydrogen) atoms. The van der Waals surface area contributed by atoms with Crippen molar-refractivity contribution >= 4 is 5.91 Å². The predicted octanol–water partition coefficient (Wildman–Crippen LogP) is 2.17. The molecule has 0 atom stereocenters. The molecule has 2 aromatic rings. The summed E-state index contributed by atoms with van der Waals surface area (Å²) < 4.78 is 6.82. The summed E-state index contributed by atoms with van der Waals surface area (Å²) in [5.41, 5.74) is 0.384. The van der Waals surface area contributed by atoms with Crippen molar-refractivity contribution in [3.8, 4) is 5.69 Å². The Bertz CT molecular complexity index is 707. The van der Waals surface area contributed by atoms with Gasteiger partial charge in [-0.2, -0.15) is 4.68 Å². The molecule has 7 nitrogen and oxygen atoms in total. The van der Waals surface area contributed by atoms with E-state index in [4.69, 9.17) is 4.74 Å². The van der Waals surface area contributed by atoms with Gasteiger partial charge in [0, 0.05) is 14.2 Å². The highest BCUT2D eigenvalue weighted by Gasteiger charge is 2.45. The smallest absolute Gasteiger partial charge is 0.249 e. The highest BCUT2D eigenvalue weighted by atomic mass is 16.5. The van der Waals surface area contributed by atoms with Crippen LogP contribution in [0.3, 0.4) is 0 Å². The number of methoxy groups -OCH3 is 1. The lowest BCUT2D eigenvalue weighted by molar-refractivity contribution is -0.142. The van der Waals surface area contributed by atoms with Gasteiger partial charge in [0.1, 0.15) is 12.1 Å². The number of carbonyl (C=O) groups is 1. The van der Waals surface area contributed by atoms with Gasteiger partial charge in [-0.25, -0.2) is 0 Å². The minimum absolute atomic E-state index is 0.0559. The first kappa shape index (κ1) is 17.5. The molecular formula is C18H25N5O2. The molecule has 1 aliphatic carbocycles. The van der Waals surface area contributed by atoms with E-state index in [-0.39, 0.29) is 12.5 Å². The highest BCUT2D eigenvalue weighted by Crippen LogP contribution is 2.43. The van der Waals surface area contributed by atoms with Crippen LogP contribution in [0.4, 0.5) is 0 Å². The molecule has 1 heterocycles. The standard InChI is InChI=1S/C18H25N5O2/c1-14-9-11-18(12-10-14,22(2)16(24)13-25-3)17-19-20-21-23(17)15-7-5-4-6-8-15/h4-8,14H,9-13H2,1-3H3. The van der Waals surface area contributed by atoms with E-state index in [1.165, 1.54) is 7.11 Å². The number of hydrogen-bond acceptors (Lipinski definition) is 5. The fraction of sp³-hybridized carbons (Fsp3) is 0.556. The molecule has 3 rings (SSSR count). The van der Waals surface area contributed by atoms with Crippen molar-refractivity contribution in [3.05, 3.63) is 36.2 Å². The quantitative estimate of drug-likeness (QED) is 0.832. The van der Waals surface area contributed by atoms with Gasteiger partial charge in [-0.05, 0) is 54.2 Å². The minimum Gasteiger partial charge on any atom is -0.375 e. The number of ether oxygens (including phenoxy) is 1. The molecule has 0 radical (unpaired) electrons. The van der Waals surface area contributed by atoms with E-state index >= 15 is 0 Å². The summed E-state index contributed by atoms with van der Waals surface area (Å²) in [6, 6.07) is 9.80.